The first-order chi connectivity index (χ1) is 21.0. The Morgan fingerprint density at radius 2 is 1.09 bits per heavy atom. The molecule has 1 amide bonds. The van der Waals surface area contributed by atoms with Crippen LogP contribution < -0.4 is 5.32 Å². The van der Waals surface area contributed by atoms with Gasteiger partial charge in [-0.05, 0) is 12.8 Å². The zero-order valence-corrected chi connectivity index (χ0v) is 30.6. The van der Waals surface area contributed by atoms with Crippen molar-refractivity contribution in [2.75, 3.05) is 40.9 Å². The van der Waals surface area contributed by atoms with Crippen LogP contribution in [0.3, 0.4) is 0 Å². The fourth-order valence-electron chi connectivity index (χ4n) is 5.34. The van der Waals surface area contributed by atoms with Gasteiger partial charge in [-0.3, -0.25) is 13.8 Å². The molecule has 3 N–H and O–H groups in total. The van der Waals surface area contributed by atoms with E-state index in [0.29, 0.717) is 23.9 Å². The van der Waals surface area contributed by atoms with Crippen LogP contribution in [0.4, 0.5) is 0 Å². The first kappa shape index (κ1) is 43.5. The Kier molecular flexibility index (Phi) is 28.4. The highest BCUT2D eigenvalue weighted by molar-refractivity contribution is 7.47. The summed E-state index contributed by atoms with van der Waals surface area (Å²) in [6.07, 6.45) is 26.9. The number of hydrogen-bond donors (Lipinski definition) is 3. The lowest BCUT2D eigenvalue weighted by Gasteiger charge is -2.26. The van der Waals surface area contributed by atoms with Gasteiger partial charge in [0.05, 0.1) is 39.9 Å². The molecule has 0 radical (unpaired) electrons. The van der Waals surface area contributed by atoms with Gasteiger partial charge in [0.15, 0.2) is 0 Å². The average molecular weight is 650 g/mol. The second-order valence-corrected chi connectivity index (χ2v) is 15.4. The zero-order chi connectivity index (χ0) is 32.9. The van der Waals surface area contributed by atoms with Crippen molar-refractivity contribution in [2.24, 2.45) is 0 Å². The molecule has 0 aliphatic carbocycles. The van der Waals surface area contributed by atoms with E-state index in [1.54, 1.807) is 0 Å². The number of phosphoric acid groups is 1. The first-order valence-electron chi connectivity index (χ1n) is 18.4. The van der Waals surface area contributed by atoms with Gasteiger partial charge in [-0.25, -0.2) is 4.57 Å². The molecule has 0 aliphatic heterocycles. The highest BCUT2D eigenvalue weighted by Gasteiger charge is 2.28. The van der Waals surface area contributed by atoms with Crippen molar-refractivity contribution in [1.29, 1.82) is 0 Å². The molecule has 0 spiro atoms. The molecule has 0 saturated carbocycles. The molecule has 8 nitrogen and oxygen atoms in total. The Hall–Kier alpha value is -0.500. The van der Waals surface area contributed by atoms with Crippen molar-refractivity contribution in [2.45, 2.75) is 180 Å². The van der Waals surface area contributed by atoms with E-state index in [0.717, 1.165) is 38.5 Å². The summed E-state index contributed by atoms with van der Waals surface area (Å²) in [5.74, 6) is -0.148. The Balaban J connectivity index is 4.47. The SMILES string of the molecule is CCCCCCCCCCCCCCCC(O)C(COP(=O)(O)OCC[N+](C)(C)C)NC(=O)CCCCCCCCCCC. The maximum absolute atomic E-state index is 12.7. The number of nitrogens with one attached hydrogen (secondary N) is 1. The van der Waals surface area contributed by atoms with Gasteiger partial charge in [-0.1, -0.05) is 149 Å². The lowest BCUT2D eigenvalue weighted by Crippen LogP contribution is -2.46. The third-order valence-corrected chi connectivity index (χ3v) is 9.34. The molecule has 0 bridgehead atoms. The second-order valence-electron chi connectivity index (χ2n) is 14.0. The minimum Gasteiger partial charge on any atom is -0.391 e. The monoisotopic (exact) mass is 650 g/mol. The van der Waals surface area contributed by atoms with E-state index in [1.165, 1.54) is 103 Å². The summed E-state index contributed by atoms with van der Waals surface area (Å²) in [7, 11) is 1.62. The summed E-state index contributed by atoms with van der Waals surface area (Å²) < 4.78 is 23.4. The highest BCUT2D eigenvalue weighted by atomic mass is 31.2. The van der Waals surface area contributed by atoms with E-state index in [4.69, 9.17) is 9.05 Å². The Labute approximate surface area is 272 Å². The molecule has 3 atom stereocenters. The molecule has 0 saturated heterocycles. The molecule has 44 heavy (non-hydrogen) atoms. The van der Waals surface area contributed by atoms with Crippen LogP contribution in [-0.2, 0) is 18.4 Å². The molecule has 0 aliphatic rings. The van der Waals surface area contributed by atoms with E-state index >= 15 is 0 Å². The number of nitrogens with zero attached hydrogens (tertiary/aromatic N) is 1. The quantitative estimate of drug-likeness (QED) is 0.0372. The van der Waals surface area contributed by atoms with Crippen LogP contribution in [0, 0.1) is 0 Å². The van der Waals surface area contributed by atoms with Crippen LogP contribution in [-0.4, -0.2) is 73.4 Å². The maximum Gasteiger partial charge on any atom is 0.472 e. The molecule has 0 fully saturated rings. The number of carbonyl (C=O) groups is 1. The molecule has 0 aromatic rings. The largest absolute Gasteiger partial charge is 0.472 e. The molecule has 264 valence electrons. The molecule has 3 unspecified atom stereocenters. The number of aliphatic hydroxyl groups excluding tert-OH is 1. The highest BCUT2D eigenvalue weighted by Crippen LogP contribution is 2.43. The number of rotatable bonds is 33. The minimum atomic E-state index is -4.29. The van der Waals surface area contributed by atoms with Gasteiger partial charge in [0.25, 0.3) is 0 Å². The van der Waals surface area contributed by atoms with Gasteiger partial charge in [-0.2, -0.15) is 0 Å². The summed E-state index contributed by atoms with van der Waals surface area (Å²) in [6.45, 7) is 4.85. The summed E-state index contributed by atoms with van der Waals surface area (Å²) in [5, 5.41) is 13.8. The standard InChI is InChI=1S/C35H73N2O6P/c1-6-8-10-12-14-16-17-18-19-21-22-24-26-28-34(38)33(32-43-44(40,41)42-31-30-37(3,4)5)36-35(39)29-27-25-23-20-15-13-11-9-7-2/h33-34,38H,6-32H2,1-5H3,(H-,36,39,40,41)/p+1. The predicted molar refractivity (Wildman–Crippen MR) is 185 cm³/mol. The smallest absolute Gasteiger partial charge is 0.391 e. The van der Waals surface area contributed by atoms with Crippen LogP contribution in [0.15, 0.2) is 0 Å². The number of quaternary nitrogens is 1. The summed E-state index contributed by atoms with van der Waals surface area (Å²) in [6, 6.07) is -0.749. The van der Waals surface area contributed by atoms with Crippen molar-refractivity contribution in [3.63, 3.8) is 0 Å². The fourth-order valence-corrected chi connectivity index (χ4v) is 6.07. The van der Waals surface area contributed by atoms with E-state index in [1.807, 2.05) is 21.1 Å². The minimum absolute atomic E-state index is 0.0778. The number of carbonyl (C=O) groups excluding carboxylic acids is 1. The van der Waals surface area contributed by atoms with E-state index < -0.39 is 20.0 Å². The third-order valence-electron chi connectivity index (χ3n) is 8.36. The van der Waals surface area contributed by atoms with E-state index in [-0.39, 0.29) is 19.1 Å². The van der Waals surface area contributed by atoms with Crippen molar-refractivity contribution in [1.82, 2.24) is 5.32 Å². The number of phosphoric ester groups is 1. The molecule has 0 aromatic carbocycles. The molecule has 9 heteroatoms. The van der Waals surface area contributed by atoms with Crippen LogP contribution >= 0.6 is 7.82 Å². The van der Waals surface area contributed by atoms with Gasteiger partial charge >= 0.3 is 7.82 Å². The van der Waals surface area contributed by atoms with Gasteiger partial charge in [-0.15, -0.1) is 0 Å². The van der Waals surface area contributed by atoms with E-state index in [2.05, 4.69) is 19.2 Å². The van der Waals surface area contributed by atoms with Gasteiger partial charge < -0.3 is 19.8 Å². The average Bonchev–Trinajstić information content (AvgIpc) is 2.95. The van der Waals surface area contributed by atoms with Crippen molar-refractivity contribution in [3.05, 3.63) is 0 Å². The number of aliphatic hydroxyl groups is 1. The van der Waals surface area contributed by atoms with Crippen molar-refractivity contribution >= 4 is 13.7 Å². The van der Waals surface area contributed by atoms with Crippen LogP contribution in [0.2, 0.25) is 0 Å². The lowest BCUT2D eigenvalue weighted by molar-refractivity contribution is -0.870. The van der Waals surface area contributed by atoms with Gasteiger partial charge in [0, 0.05) is 6.42 Å². The third kappa shape index (κ3) is 30.2. The number of amides is 1. The van der Waals surface area contributed by atoms with Crippen LogP contribution in [0.25, 0.3) is 0 Å². The summed E-state index contributed by atoms with van der Waals surface area (Å²) >= 11 is 0. The normalized spacial score (nSPS) is 14.8. The molecule has 0 rings (SSSR count). The Morgan fingerprint density at radius 1 is 0.682 bits per heavy atom. The van der Waals surface area contributed by atoms with Crippen molar-refractivity contribution < 1.29 is 32.9 Å². The molecular formula is C35H74N2O6P+. The topological polar surface area (TPSA) is 105 Å². The predicted octanol–water partition coefficient (Wildman–Crippen LogP) is 9.07. The molecule has 0 heterocycles. The Morgan fingerprint density at radius 3 is 1.52 bits per heavy atom. The number of unbranched alkanes of at least 4 members (excludes halogenated alkanes) is 20. The summed E-state index contributed by atoms with van der Waals surface area (Å²) in [4.78, 5) is 22.9. The van der Waals surface area contributed by atoms with Crippen molar-refractivity contribution in [3.8, 4) is 0 Å². The maximum atomic E-state index is 12.7. The molecule has 0 aromatic heterocycles. The van der Waals surface area contributed by atoms with Crippen LogP contribution in [0.5, 0.6) is 0 Å². The first-order valence-corrected chi connectivity index (χ1v) is 19.9. The van der Waals surface area contributed by atoms with E-state index in [9.17, 15) is 19.4 Å². The zero-order valence-electron chi connectivity index (χ0n) is 29.7. The van der Waals surface area contributed by atoms with Gasteiger partial charge in [0.1, 0.15) is 13.2 Å². The Bertz CT molecular complexity index is 703. The van der Waals surface area contributed by atoms with Crippen LogP contribution in [0.1, 0.15) is 168 Å². The fraction of sp³-hybridized carbons (Fsp3) is 0.971. The van der Waals surface area contributed by atoms with Gasteiger partial charge in [0.2, 0.25) is 5.91 Å². The number of hydrogen-bond acceptors (Lipinski definition) is 5. The number of likely N-dealkylation sites (N-methyl/N-ethyl adjacent to an activating group) is 1. The second kappa shape index (κ2) is 28.7. The molecular weight excluding hydrogens is 575 g/mol. The summed E-state index contributed by atoms with van der Waals surface area (Å²) in [5.41, 5.74) is 0. The lowest BCUT2D eigenvalue weighted by atomic mass is 10.0.